The lowest BCUT2D eigenvalue weighted by Gasteiger charge is -2.49. The van der Waals surface area contributed by atoms with Gasteiger partial charge in [-0.05, 0) is 23.1 Å². The van der Waals surface area contributed by atoms with Crippen molar-refractivity contribution in [2.24, 2.45) is 5.16 Å². The number of fused-ring (bicyclic) bond motifs is 1. The Morgan fingerprint density at radius 1 is 1.42 bits per heavy atom. The van der Waals surface area contributed by atoms with E-state index < -0.39 is 34.9 Å². The quantitative estimate of drug-likeness (QED) is 0.180. The Labute approximate surface area is 198 Å². The van der Waals surface area contributed by atoms with Gasteiger partial charge in [0.2, 0.25) is 11.5 Å². The normalized spacial score (nSPS) is 20.5. The van der Waals surface area contributed by atoms with Crippen molar-refractivity contribution in [2.45, 2.75) is 11.4 Å². The van der Waals surface area contributed by atoms with Gasteiger partial charge in [-0.2, -0.15) is 9.36 Å². The van der Waals surface area contributed by atoms with Crippen molar-refractivity contribution < 1.29 is 24.7 Å². The highest BCUT2D eigenvalue weighted by Gasteiger charge is 2.54. The van der Waals surface area contributed by atoms with Gasteiger partial charge in [0, 0.05) is 34.6 Å². The highest BCUT2D eigenvalue weighted by atomic mass is 32.2. The van der Waals surface area contributed by atoms with Gasteiger partial charge in [-0.25, -0.2) is 4.79 Å². The summed E-state index contributed by atoms with van der Waals surface area (Å²) in [6.45, 7) is 0. The molecule has 2 atom stereocenters. The molecule has 0 saturated carbocycles. The monoisotopic (exact) mass is 505 g/mol. The van der Waals surface area contributed by atoms with E-state index in [0.717, 1.165) is 22.0 Å². The van der Waals surface area contributed by atoms with Crippen LogP contribution >= 0.6 is 35.1 Å². The summed E-state index contributed by atoms with van der Waals surface area (Å²) in [6, 6.07) is 2.64. The molecule has 0 aromatic carbocycles. The Morgan fingerprint density at radius 3 is 2.88 bits per heavy atom. The van der Waals surface area contributed by atoms with Gasteiger partial charge in [-0.3, -0.25) is 19.5 Å². The Hall–Kier alpha value is -3.43. The van der Waals surface area contributed by atoms with Crippen LogP contribution in [0.15, 0.2) is 45.7 Å². The molecule has 0 radical (unpaired) electrons. The number of nitrogens with two attached hydrogens (primary N) is 1. The van der Waals surface area contributed by atoms with E-state index in [0.29, 0.717) is 10.7 Å². The Balaban J connectivity index is 1.48. The number of oxime groups is 1. The van der Waals surface area contributed by atoms with Crippen LogP contribution in [-0.4, -0.2) is 70.2 Å². The van der Waals surface area contributed by atoms with Gasteiger partial charge in [0.1, 0.15) is 17.1 Å². The van der Waals surface area contributed by atoms with E-state index >= 15 is 0 Å². The number of nitrogens with zero attached hydrogens (tertiary/aromatic N) is 5. The summed E-state index contributed by atoms with van der Waals surface area (Å²) < 4.78 is 3.81. The minimum absolute atomic E-state index is 0.0755. The van der Waals surface area contributed by atoms with E-state index in [4.69, 9.17) is 5.73 Å². The Bertz CT molecular complexity index is 1200. The molecular formula is C18H15N7O5S3. The maximum atomic E-state index is 12.8. The van der Waals surface area contributed by atoms with Crippen molar-refractivity contribution in [1.29, 1.82) is 0 Å². The lowest BCUT2D eigenvalue weighted by atomic mass is 10.0. The van der Waals surface area contributed by atoms with Crippen LogP contribution in [0.1, 0.15) is 11.4 Å². The minimum atomic E-state index is -1.24. The maximum Gasteiger partial charge on any atom is 0.353 e. The van der Waals surface area contributed by atoms with Gasteiger partial charge in [0.15, 0.2) is 5.13 Å². The number of hydrogen-bond acceptors (Lipinski definition) is 12. The molecule has 5 N–H and O–H groups in total. The molecule has 33 heavy (non-hydrogen) atoms. The molecular weight excluding hydrogens is 490 g/mol. The molecule has 2 aromatic heterocycles. The molecule has 2 aliphatic rings. The molecule has 0 spiro atoms. The molecule has 15 heteroatoms. The van der Waals surface area contributed by atoms with E-state index in [2.05, 4.69) is 24.8 Å². The predicted molar refractivity (Wildman–Crippen MR) is 123 cm³/mol. The standard InChI is InChI=1S/C18H15N7O5S3/c19-18-22-13(24-33-18)10(23-30)14(26)21-11-15(27)25-12(17(28)29)9(7-32-16(11)25)31-5-3-8-2-1-4-20-6-8/h1-6,11,16,30H,7H2,(H,21,26)(H,28,29)(H2,19,22,24)/b5-3-,23-10?/t11?,16-/m1/s1. The fourth-order valence-corrected chi connectivity index (χ4v) is 5.87. The summed E-state index contributed by atoms with van der Waals surface area (Å²) in [5.74, 6) is -2.56. The highest BCUT2D eigenvalue weighted by molar-refractivity contribution is 8.08. The largest absolute Gasteiger partial charge is 0.477 e. The second kappa shape index (κ2) is 9.60. The number of nitrogen functional groups attached to an aromatic ring is 1. The van der Waals surface area contributed by atoms with Crippen LogP contribution in [-0.2, 0) is 14.4 Å². The molecule has 1 unspecified atom stereocenters. The summed E-state index contributed by atoms with van der Waals surface area (Å²) in [5, 5.41) is 25.5. The second-order valence-electron chi connectivity index (χ2n) is 6.55. The first kappa shape index (κ1) is 22.8. The van der Waals surface area contributed by atoms with Gasteiger partial charge in [-0.1, -0.05) is 23.0 Å². The van der Waals surface area contributed by atoms with Crippen molar-refractivity contribution >= 4 is 69.8 Å². The van der Waals surface area contributed by atoms with E-state index in [9.17, 15) is 24.7 Å². The molecule has 4 heterocycles. The van der Waals surface area contributed by atoms with Crippen LogP contribution in [0.2, 0.25) is 0 Å². The number of aliphatic carboxylic acids is 1. The summed E-state index contributed by atoms with van der Waals surface area (Å²) in [5.41, 5.74) is 5.71. The van der Waals surface area contributed by atoms with E-state index in [1.807, 2.05) is 6.07 Å². The number of rotatable bonds is 7. The average molecular weight is 506 g/mol. The van der Waals surface area contributed by atoms with Gasteiger partial charge in [-0.15, -0.1) is 11.8 Å². The lowest BCUT2D eigenvalue weighted by molar-refractivity contribution is -0.150. The second-order valence-corrected chi connectivity index (χ2v) is 9.44. The Morgan fingerprint density at radius 2 is 2.24 bits per heavy atom. The van der Waals surface area contributed by atoms with Crippen LogP contribution in [0.25, 0.3) is 6.08 Å². The van der Waals surface area contributed by atoms with Crippen LogP contribution in [0.3, 0.4) is 0 Å². The van der Waals surface area contributed by atoms with E-state index in [1.165, 1.54) is 23.5 Å². The molecule has 1 fully saturated rings. The van der Waals surface area contributed by atoms with Gasteiger partial charge in [0.25, 0.3) is 11.8 Å². The van der Waals surface area contributed by atoms with Gasteiger partial charge >= 0.3 is 5.97 Å². The smallest absolute Gasteiger partial charge is 0.353 e. The molecule has 2 aliphatic heterocycles. The number of hydrogen-bond donors (Lipinski definition) is 4. The van der Waals surface area contributed by atoms with Gasteiger partial charge < -0.3 is 21.4 Å². The van der Waals surface area contributed by atoms with Crippen molar-refractivity contribution in [3.63, 3.8) is 0 Å². The fraction of sp³-hybridized carbons (Fsp3) is 0.167. The number of carboxylic acids is 1. The molecule has 0 aliphatic carbocycles. The van der Waals surface area contributed by atoms with Crippen molar-refractivity contribution in [3.05, 3.63) is 51.9 Å². The zero-order valence-electron chi connectivity index (χ0n) is 16.5. The van der Waals surface area contributed by atoms with Crippen LogP contribution in [0.4, 0.5) is 5.13 Å². The fourth-order valence-electron chi connectivity index (χ4n) is 3.08. The van der Waals surface area contributed by atoms with Crippen molar-refractivity contribution in [2.75, 3.05) is 11.5 Å². The first-order chi connectivity index (χ1) is 15.9. The predicted octanol–water partition coefficient (Wildman–Crippen LogP) is 0.794. The molecule has 2 aromatic rings. The summed E-state index contributed by atoms with van der Waals surface area (Å²) in [6.07, 6.45) is 5.11. The summed E-state index contributed by atoms with van der Waals surface area (Å²) in [4.78, 5) is 46.6. The third-order valence-electron chi connectivity index (χ3n) is 4.55. The number of thioether (sulfide) groups is 2. The Kier molecular flexibility index (Phi) is 6.62. The third-order valence-corrected chi connectivity index (χ3v) is 7.45. The molecule has 2 amide bonds. The molecule has 4 rings (SSSR count). The molecule has 1 saturated heterocycles. The zero-order chi connectivity index (χ0) is 23.5. The topological polar surface area (TPSA) is 184 Å². The lowest BCUT2D eigenvalue weighted by Crippen LogP contribution is -2.71. The minimum Gasteiger partial charge on any atom is -0.477 e. The number of carbonyl (C=O) groups excluding carboxylic acids is 2. The number of anilines is 1. The van der Waals surface area contributed by atoms with E-state index in [1.54, 1.807) is 29.9 Å². The number of carbonyl (C=O) groups is 3. The van der Waals surface area contributed by atoms with Crippen LogP contribution in [0, 0.1) is 0 Å². The van der Waals surface area contributed by atoms with Crippen LogP contribution in [0.5, 0.6) is 0 Å². The van der Waals surface area contributed by atoms with Crippen molar-refractivity contribution in [3.8, 4) is 0 Å². The number of pyridine rings is 1. The first-order valence-corrected chi connectivity index (χ1v) is 11.9. The van der Waals surface area contributed by atoms with Crippen LogP contribution < -0.4 is 11.1 Å². The van der Waals surface area contributed by atoms with Crippen molar-refractivity contribution in [1.82, 2.24) is 24.6 Å². The number of β-lactam (4-membered cyclic amide) rings is 1. The highest BCUT2D eigenvalue weighted by Crippen LogP contribution is 2.43. The maximum absolute atomic E-state index is 12.8. The number of aromatic nitrogens is 3. The number of amides is 2. The summed E-state index contributed by atoms with van der Waals surface area (Å²) >= 11 is 3.33. The average Bonchev–Trinajstić information content (AvgIpc) is 3.23. The van der Waals surface area contributed by atoms with Gasteiger partial charge in [0.05, 0.1) is 0 Å². The third kappa shape index (κ3) is 4.55. The molecule has 170 valence electrons. The van der Waals surface area contributed by atoms with E-state index in [-0.39, 0.29) is 16.7 Å². The molecule has 12 nitrogen and oxygen atoms in total. The molecule has 0 bridgehead atoms. The number of carboxylic acid groups (broad SMARTS) is 1. The number of nitrogens with one attached hydrogen (secondary N) is 1. The first-order valence-electron chi connectivity index (χ1n) is 9.17. The summed E-state index contributed by atoms with van der Waals surface area (Å²) in [7, 11) is 0. The SMILES string of the molecule is Nc1nc(C(=NO)C(=O)NC2C(=O)N3C(C(=O)O)=C(S/C=C\c4cccnc4)CS[C@H]23)ns1. The zero-order valence-corrected chi connectivity index (χ0v) is 18.9.